The number of carbonyl (C=O) groups excluding carboxylic acids is 1. The summed E-state index contributed by atoms with van der Waals surface area (Å²) in [5.74, 6) is -2.35. The standard InChI is InChI=1S/C40H76N2O10.2H2O/c1-15-33-40(10,48)35(44)26(6)42(13)21-22(2)19-38(8,47)30(18-32-34(43)31(41(11)12)16-23(3)50-32)24(4)29(25(5)37(46)52-33)17-28-20-39(9,49-14)36(45)27(7)51-28;;/h22-36,43-45,47-48H,15-21H2,1-14H3;2*1H2/t22-,23-,24+,25-,26?,27+,28+,29?,30-,31+,32+,33?,34-,35-,36+,38?,39-,40-;;/m1../s1. The van der Waals surface area contributed by atoms with Crippen LogP contribution in [0.15, 0.2) is 0 Å². The monoisotopic (exact) mass is 781 g/mol. The molecule has 0 aromatic heterocycles. The number of esters is 1. The first-order chi connectivity index (χ1) is 23.9. The Hall–Kier alpha value is -1.01. The number of likely N-dealkylation sites (N-methyl/N-ethyl adjacent to an activating group) is 2. The van der Waals surface area contributed by atoms with Crippen molar-refractivity contribution in [3.63, 3.8) is 0 Å². The fraction of sp³-hybridized carbons (Fsp3) is 0.975. The van der Waals surface area contributed by atoms with Crippen molar-refractivity contribution in [2.45, 2.75) is 185 Å². The summed E-state index contributed by atoms with van der Waals surface area (Å²) in [5.41, 5.74) is -3.85. The van der Waals surface area contributed by atoms with Gasteiger partial charge in [0.25, 0.3) is 0 Å². The largest absolute Gasteiger partial charge is 0.459 e. The molecule has 3 heterocycles. The van der Waals surface area contributed by atoms with Gasteiger partial charge < -0.3 is 65.2 Å². The van der Waals surface area contributed by atoms with Gasteiger partial charge in [-0.05, 0) is 118 Å². The van der Waals surface area contributed by atoms with Gasteiger partial charge in [-0.25, -0.2) is 0 Å². The van der Waals surface area contributed by atoms with Crippen molar-refractivity contribution >= 4 is 5.97 Å². The zero-order chi connectivity index (χ0) is 39.7. The highest BCUT2D eigenvalue weighted by Crippen LogP contribution is 2.46. The molecule has 0 bridgehead atoms. The first kappa shape index (κ1) is 51.0. The Morgan fingerprint density at radius 3 is 2.06 bits per heavy atom. The SMILES string of the molecule is CCC1OC(=O)[C@H](C)C(C[C@H]2C[C@@](C)(OC)[C@@H](O)[C@H](C)O2)[C@H](C)[C@@H](C[C@@H]2O[C@H](C)C[C@H](N(C)C)[C@H]2O)C(C)(O)C[C@@H](C)CN(C)C(C)[C@@H](O)[C@]1(C)O.O.O. The fourth-order valence-electron chi connectivity index (χ4n) is 10.0. The molecule has 3 saturated heterocycles. The molecule has 9 N–H and O–H groups in total. The second kappa shape index (κ2) is 20.1. The summed E-state index contributed by atoms with van der Waals surface area (Å²) in [5, 5.41) is 58.6. The van der Waals surface area contributed by atoms with Crippen LogP contribution in [0.3, 0.4) is 0 Å². The highest BCUT2D eigenvalue weighted by molar-refractivity contribution is 5.72. The van der Waals surface area contributed by atoms with Gasteiger partial charge in [0, 0.05) is 32.2 Å². The number of nitrogens with zero attached hydrogens (tertiary/aromatic N) is 2. The molecule has 4 unspecified atom stereocenters. The van der Waals surface area contributed by atoms with Crippen molar-refractivity contribution < 1.29 is 60.2 Å². The third-order valence-electron chi connectivity index (χ3n) is 13.5. The van der Waals surface area contributed by atoms with Crippen molar-refractivity contribution in [1.82, 2.24) is 9.80 Å². The Morgan fingerprint density at radius 2 is 1.52 bits per heavy atom. The van der Waals surface area contributed by atoms with Crippen molar-refractivity contribution in [1.29, 1.82) is 0 Å². The smallest absolute Gasteiger partial charge is 0.309 e. The predicted molar refractivity (Wildman–Crippen MR) is 208 cm³/mol. The summed E-state index contributed by atoms with van der Waals surface area (Å²) in [6.07, 6.45) is -2.80. The molecule has 0 amide bonds. The van der Waals surface area contributed by atoms with E-state index in [0.29, 0.717) is 45.1 Å². The van der Waals surface area contributed by atoms with E-state index in [2.05, 4.69) is 13.8 Å². The van der Waals surface area contributed by atoms with E-state index in [1.807, 2.05) is 79.4 Å². The summed E-state index contributed by atoms with van der Waals surface area (Å²) in [7, 11) is 7.40. The van der Waals surface area contributed by atoms with Crippen LogP contribution in [0.1, 0.15) is 108 Å². The molecular weight excluding hydrogens is 700 g/mol. The molecule has 18 atom stereocenters. The molecule has 0 saturated carbocycles. The summed E-state index contributed by atoms with van der Waals surface area (Å²) in [6.45, 7) is 19.3. The second-order valence-electron chi connectivity index (χ2n) is 18.1. The number of rotatable bonds is 7. The molecule has 3 rings (SSSR count). The first-order valence-corrected chi connectivity index (χ1v) is 19.8. The van der Waals surface area contributed by atoms with Crippen LogP contribution >= 0.6 is 0 Å². The molecule has 3 aliphatic heterocycles. The molecule has 0 aliphatic carbocycles. The Morgan fingerprint density at radius 1 is 0.926 bits per heavy atom. The number of methoxy groups -OCH3 is 1. The van der Waals surface area contributed by atoms with E-state index < -0.39 is 83.2 Å². The van der Waals surface area contributed by atoms with E-state index in [-0.39, 0.29) is 41.0 Å². The van der Waals surface area contributed by atoms with Crippen molar-refractivity contribution in [2.24, 2.45) is 29.6 Å². The van der Waals surface area contributed by atoms with Gasteiger partial charge in [0.2, 0.25) is 0 Å². The minimum atomic E-state index is -1.73. The van der Waals surface area contributed by atoms with Gasteiger partial charge in [-0.2, -0.15) is 0 Å². The number of aliphatic hydroxyl groups excluding tert-OH is 3. The van der Waals surface area contributed by atoms with E-state index in [4.69, 9.17) is 18.9 Å². The highest BCUT2D eigenvalue weighted by Gasteiger charge is 2.51. The van der Waals surface area contributed by atoms with Crippen LogP contribution < -0.4 is 0 Å². The zero-order valence-corrected chi connectivity index (χ0v) is 35.8. The average molecular weight is 781 g/mol. The number of hydrogen-bond acceptors (Lipinski definition) is 12. The van der Waals surface area contributed by atoms with E-state index in [9.17, 15) is 30.3 Å². The minimum absolute atomic E-state index is 0. The van der Waals surface area contributed by atoms with Crippen LogP contribution in [0.4, 0.5) is 0 Å². The van der Waals surface area contributed by atoms with Crippen LogP contribution in [0, 0.1) is 29.6 Å². The molecule has 322 valence electrons. The van der Waals surface area contributed by atoms with Gasteiger partial charge in [-0.15, -0.1) is 0 Å². The van der Waals surface area contributed by atoms with Crippen molar-refractivity contribution in [2.75, 3.05) is 34.8 Å². The third kappa shape index (κ3) is 11.3. The van der Waals surface area contributed by atoms with Crippen LogP contribution in [0.5, 0.6) is 0 Å². The number of carbonyl (C=O) groups is 1. The molecule has 0 spiro atoms. The maximum absolute atomic E-state index is 14.3. The maximum atomic E-state index is 14.3. The van der Waals surface area contributed by atoms with Crippen LogP contribution in [-0.2, 0) is 23.7 Å². The molecule has 0 radical (unpaired) electrons. The normalized spacial score (nSPS) is 47.8. The summed E-state index contributed by atoms with van der Waals surface area (Å²) < 4.78 is 24.8. The minimum Gasteiger partial charge on any atom is -0.459 e. The van der Waals surface area contributed by atoms with Gasteiger partial charge in [0.15, 0.2) is 0 Å². The number of aliphatic hydroxyl groups is 5. The Bertz CT molecular complexity index is 1140. The topological polar surface area (TPSA) is 225 Å². The van der Waals surface area contributed by atoms with Gasteiger partial charge in [0.1, 0.15) is 23.9 Å². The molecule has 54 heavy (non-hydrogen) atoms. The lowest BCUT2D eigenvalue weighted by atomic mass is 9.64. The quantitative estimate of drug-likeness (QED) is 0.232. The summed E-state index contributed by atoms with van der Waals surface area (Å²) in [6, 6.07) is -0.596. The molecule has 0 aromatic carbocycles. The summed E-state index contributed by atoms with van der Waals surface area (Å²) >= 11 is 0. The maximum Gasteiger partial charge on any atom is 0.309 e. The zero-order valence-electron chi connectivity index (χ0n) is 35.8. The average Bonchev–Trinajstić information content (AvgIpc) is 3.05. The van der Waals surface area contributed by atoms with E-state index in [0.717, 1.165) is 0 Å². The van der Waals surface area contributed by atoms with Crippen LogP contribution in [0.25, 0.3) is 0 Å². The Labute approximate surface area is 325 Å². The predicted octanol–water partition coefficient (Wildman–Crippen LogP) is 1.58. The van der Waals surface area contributed by atoms with E-state index in [1.165, 1.54) is 6.92 Å². The van der Waals surface area contributed by atoms with Crippen molar-refractivity contribution in [3.8, 4) is 0 Å². The molecule has 0 aromatic rings. The third-order valence-corrected chi connectivity index (χ3v) is 13.5. The van der Waals surface area contributed by atoms with E-state index in [1.54, 1.807) is 7.11 Å². The van der Waals surface area contributed by atoms with Crippen molar-refractivity contribution in [3.05, 3.63) is 0 Å². The van der Waals surface area contributed by atoms with Gasteiger partial charge in [-0.3, -0.25) is 4.79 Å². The van der Waals surface area contributed by atoms with Gasteiger partial charge >= 0.3 is 5.97 Å². The van der Waals surface area contributed by atoms with Gasteiger partial charge in [-0.1, -0.05) is 27.7 Å². The molecule has 3 fully saturated rings. The lowest BCUT2D eigenvalue weighted by Gasteiger charge is -2.49. The number of hydrogen-bond donors (Lipinski definition) is 5. The van der Waals surface area contributed by atoms with E-state index >= 15 is 0 Å². The Balaban J connectivity index is 0.00000729. The van der Waals surface area contributed by atoms with Crippen LogP contribution in [0.2, 0.25) is 0 Å². The fourth-order valence-corrected chi connectivity index (χ4v) is 10.0. The van der Waals surface area contributed by atoms with Gasteiger partial charge in [0.05, 0.1) is 47.6 Å². The lowest BCUT2D eigenvalue weighted by Crippen LogP contribution is -2.59. The van der Waals surface area contributed by atoms with Crippen LogP contribution in [-0.4, -0.2) is 165 Å². The first-order valence-electron chi connectivity index (χ1n) is 19.8. The Kier molecular flexibility index (Phi) is 19.0. The molecular formula is C40H80N2O12. The lowest BCUT2D eigenvalue weighted by molar-refractivity contribution is -0.220. The molecule has 14 nitrogen and oxygen atoms in total. The molecule has 3 aliphatic rings. The summed E-state index contributed by atoms with van der Waals surface area (Å²) in [4.78, 5) is 18.3. The number of cyclic esters (lactones) is 1. The number of ether oxygens (including phenoxy) is 4. The molecule has 14 heteroatoms. The second-order valence-corrected chi connectivity index (χ2v) is 18.1. The highest BCUT2D eigenvalue weighted by atomic mass is 16.6.